The topological polar surface area (TPSA) is 52.2 Å². The highest BCUT2D eigenvalue weighted by atomic mass is 35.5. The molecule has 1 aromatic carbocycles. The number of halogens is 2. The van der Waals surface area contributed by atoms with Crippen molar-refractivity contribution in [3.63, 3.8) is 0 Å². The number of fused-ring (bicyclic) bond motifs is 1. The molecule has 0 fully saturated rings. The number of nitrogens with one attached hydrogen (secondary N) is 1. The van der Waals surface area contributed by atoms with Crippen LogP contribution in [0.4, 0.5) is 10.3 Å². The standard InChI is InChI=1S/C17H20ClFN4O/c1-22(2)17-20-15-6-8-23(7-5-13(15)16(24)21-17)10-11-9-12(18)3-4-14(11)19/h3-4,9H,5-8,10H2,1-2H3,(H,20,21,24). The summed E-state index contributed by atoms with van der Waals surface area (Å²) in [5, 5.41) is 0.526. The maximum absolute atomic E-state index is 13.9. The van der Waals surface area contributed by atoms with Crippen molar-refractivity contribution in [2.45, 2.75) is 19.4 Å². The van der Waals surface area contributed by atoms with Crippen LogP contribution in [0.5, 0.6) is 0 Å². The third kappa shape index (κ3) is 3.60. The average Bonchev–Trinajstić information content (AvgIpc) is 2.74. The zero-order valence-electron chi connectivity index (χ0n) is 13.8. The first-order valence-electron chi connectivity index (χ1n) is 7.89. The van der Waals surface area contributed by atoms with Crippen LogP contribution in [0.1, 0.15) is 16.8 Å². The number of H-pyrrole nitrogens is 1. The molecule has 2 aromatic rings. The second-order valence-electron chi connectivity index (χ2n) is 6.22. The smallest absolute Gasteiger partial charge is 0.255 e. The Kier molecular flexibility index (Phi) is 4.87. The minimum atomic E-state index is -0.257. The molecule has 0 amide bonds. The summed E-state index contributed by atoms with van der Waals surface area (Å²) >= 11 is 5.96. The molecule has 3 rings (SSSR count). The van der Waals surface area contributed by atoms with Gasteiger partial charge in [0.25, 0.3) is 5.56 Å². The van der Waals surface area contributed by atoms with Gasteiger partial charge in [-0.2, -0.15) is 0 Å². The van der Waals surface area contributed by atoms with Gasteiger partial charge in [-0.1, -0.05) is 11.6 Å². The van der Waals surface area contributed by atoms with E-state index in [9.17, 15) is 9.18 Å². The number of anilines is 1. The summed E-state index contributed by atoms with van der Waals surface area (Å²) in [7, 11) is 3.69. The van der Waals surface area contributed by atoms with Crippen LogP contribution < -0.4 is 10.5 Å². The third-order valence-electron chi connectivity index (χ3n) is 4.26. The van der Waals surface area contributed by atoms with Crippen LogP contribution in [-0.4, -0.2) is 42.1 Å². The van der Waals surface area contributed by atoms with Crippen LogP contribution in [0.2, 0.25) is 5.02 Å². The van der Waals surface area contributed by atoms with Gasteiger partial charge in [0.15, 0.2) is 0 Å². The van der Waals surface area contributed by atoms with Gasteiger partial charge in [-0.05, 0) is 24.6 Å². The van der Waals surface area contributed by atoms with Gasteiger partial charge in [0.05, 0.1) is 5.69 Å². The first-order chi connectivity index (χ1) is 11.4. The molecule has 0 saturated heterocycles. The van der Waals surface area contributed by atoms with Crippen LogP contribution in [0.3, 0.4) is 0 Å². The van der Waals surface area contributed by atoms with Gasteiger partial charge in [0.1, 0.15) is 5.82 Å². The number of nitrogens with zero attached hydrogens (tertiary/aromatic N) is 3. The second kappa shape index (κ2) is 6.91. The lowest BCUT2D eigenvalue weighted by molar-refractivity contribution is 0.274. The summed E-state index contributed by atoms with van der Waals surface area (Å²) in [5.74, 6) is 0.306. The Labute approximate surface area is 145 Å². The summed E-state index contributed by atoms with van der Waals surface area (Å²) in [6.07, 6.45) is 1.27. The van der Waals surface area contributed by atoms with Crippen LogP contribution in [-0.2, 0) is 19.4 Å². The molecule has 2 heterocycles. The molecule has 0 aliphatic carbocycles. The number of benzene rings is 1. The Morgan fingerprint density at radius 3 is 2.83 bits per heavy atom. The molecule has 0 spiro atoms. The molecule has 5 nitrogen and oxygen atoms in total. The van der Waals surface area contributed by atoms with E-state index < -0.39 is 0 Å². The fourth-order valence-corrected chi connectivity index (χ4v) is 3.11. The van der Waals surface area contributed by atoms with E-state index in [0.717, 1.165) is 17.8 Å². The van der Waals surface area contributed by atoms with Gasteiger partial charge in [-0.15, -0.1) is 0 Å². The molecule has 0 radical (unpaired) electrons. The lowest BCUT2D eigenvalue weighted by atomic mass is 10.1. The Morgan fingerprint density at radius 1 is 1.33 bits per heavy atom. The van der Waals surface area contributed by atoms with Crippen molar-refractivity contribution < 1.29 is 4.39 Å². The predicted molar refractivity (Wildman–Crippen MR) is 93.3 cm³/mol. The maximum Gasteiger partial charge on any atom is 0.255 e. The van der Waals surface area contributed by atoms with Gasteiger partial charge in [-0.3, -0.25) is 14.7 Å². The quantitative estimate of drug-likeness (QED) is 0.922. The fraction of sp³-hybridized carbons (Fsp3) is 0.412. The van der Waals surface area contributed by atoms with E-state index in [2.05, 4.69) is 14.9 Å². The number of hydrogen-bond donors (Lipinski definition) is 1. The highest BCUT2D eigenvalue weighted by molar-refractivity contribution is 6.30. The fourth-order valence-electron chi connectivity index (χ4n) is 2.92. The molecule has 128 valence electrons. The van der Waals surface area contributed by atoms with E-state index >= 15 is 0 Å². The molecule has 1 N–H and O–H groups in total. The van der Waals surface area contributed by atoms with Gasteiger partial charge in [0, 0.05) is 56.3 Å². The van der Waals surface area contributed by atoms with E-state index in [-0.39, 0.29) is 11.4 Å². The van der Waals surface area contributed by atoms with Gasteiger partial charge < -0.3 is 4.90 Å². The Balaban J connectivity index is 1.79. The van der Waals surface area contributed by atoms with Crippen LogP contribution in [0.15, 0.2) is 23.0 Å². The summed E-state index contributed by atoms with van der Waals surface area (Å²) in [4.78, 5) is 23.6. The maximum atomic E-state index is 13.9. The van der Waals surface area contributed by atoms with E-state index in [1.165, 1.54) is 6.07 Å². The molecular formula is C17H20ClFN4O. The van der Waals surface area contributed by atoms with Crippen molar-refractivity contribution in [2.75, 3.05) is 32.1 Å². The summed E-state index contributed by atoms with van der Waals surface area (Å²) in [5.41, 5.74) is 2.05. The molecule has 1 aliphatic rings. The molecule has 0 unspecified atom stereocenters. The Morgan fingerprint density at radius 2 is 2.08 bits per heavy atom. The first kappa shape index (κ1) is 16.9. The van der Waals surface area contributed by atoms with E-state index in [0.29, 0.717) is 42.5 Å². The van der Waals surface area contributed by atoms with Crippen molar-refractivity contribution in [3.8, 4) is 0 Å². The van der Waals surface area contributed by atoms with E-state index in [1.807, 2.05) is 14.1 Å². The molecule has 0 bridgehead atoms. The second-order valence-corrected chi connectivity index (χ2v) is 6.66. The zero-order valence-corrected chi connectivity index (χ0v) is 14.5. The largest absolute Gasteiger partial charge is 0.348 e. The Hall–Kier alpha value is -1.92. The van der Waals surface area contributed by atoms with Gasteiger partial charge in [-0.25, -0.2) is 9.37 Å². The van der Waals surface area contributed by atoms with Crippen LogP contribution in [0.25, 0.3) is 0 Å². The van der Waals surface area contributed by atoms with Crippen LogP contribution >= 0.6 is 11.6 Å². The van der Waals surface area contributed by atoms with E-state index in [4.69, 9.17) is 11.6 Å². The normalized spacial score (nSPS) is 15.0. The zero-order chi connectivity index (χ0) is 17.3. The lowest BCUT2D eigenvalue weighted by Gasteiger charge is -2.20. The number of aromatic nitrogens is 2. The number of hydrogen-bond acceptors (Lipinski definition) is 4. The lowest BCUT2D eigenvalue weighted by Crippen LogP contribution is -2.27. The van der Waals surface area contributed by atoms with Gasteiger partial charge in [0.2, 0.25) is 5.95 Å². The van der Waals surface area contributed by atoms with Crippen molar-refractivity contribution in [3.05, 3.63) is 56.2 Å². The third-order valence-corrected chi connectivity index (χ3v) is 4.49. The first-order valence-corrected chi connectivity index (χ1v) is 8.27. The van der Waals surface area contributed by atoms with E-state index in [1.54, 1.807) is 17.0 Å². The SMILES string of the molecule is CN(C)c1nc2c(c(=O)[nH]1)CCN(Cc1cc(Cl)ccc1F)CC2. The average molecular weight is 351 g/mol. The summed E-state index contributed by atoms with van der Waals surface area (Å²) in [6, 6.07) is 4.59. The predicted octanol–water partition coefficient (Wildman–Crippen LogP) is 2.23. The number of aromatic amines is 1. The van der Waals surface area contributed by atoms with Gasteiger partial charge >= 0.3 is 0 Å². The van der Waals surface area contributed by atoms with Crippen molar-refractivity contribution >= 4 is 17.5 Å². The number of rotatable bonds is 3. The minimum Gasteiger partial charge on any atom is -0.348 e. The van der Waals surface area contributed by atoms with Crippen molar-refractivity contribution in [1.82, 2.24) is 14.9 Å². The molecule has 7 heteroatoms. The minimum absolute atomic E-state index is 0.0838. The summed E-state index contributed by atoms with van der Waals surface area (Å²) in [6.45, 7) is 1.88. The van der Waals surface area contributed by atoms with Crippen molar-refractivity contribution in [2.24, 2.45) is 0 Å². The highest BCUT2D eigenvalue weighted by Crippen LogP contribution is 2.19. The molecule has 0 atom stereocenters. The Bertz CT molecular complexity index is 806. The molecule has 1 aliphatic heterocycles. The highest BCUT2D eigenvalue weighted by Gasteiger charge is 2.20. The van der Waals surface area contributed by atoms with Crippen molar-refractivity contribution in [1.29, 1.82) is 0 Å². The monoisotopic (exact) mass is 350 g/mol. The molecular weight excluding hydrogens is 331 g/mol. The molecule has 24 heavy (non-hydrogen) atoms. The molecule has 1 aromatic heterocycles. The summed E-state index contributed by atoms with van der Waals surface area (Å²) < 4.78 is 13.9. The van der Waals surface area contributed by atoms with Crippen LogP contribution in [0, 0.1) is 5.82 Å². The molecule has 0 saturated carbocycles.